The van der Waals surface area contributed by atoms with Gasteiger partial charge in [0.05, 0.1) is 0 Å². The van der Waals surface area contributed by atoms with Gasteiger partial charge >= 0.3 is 0 Å². The van der Waals surface area contributed by atoms with Crippen LogP contribution in [-0.4, -0.2) is 12.6 Å². The highest BCUT2D eigenvalue weighted by atomic mass is 16.1. The number of carbonyl (C=O) groups excluding carboxylic acids is 2. The van der Waals surface area contributed by atoms with Crippen LogP contribution in [-0.2, 0) is 0 Å². The summed E-state index contributed by atoms with van der Waals surface area (Å²) in [6.45, 7) is 0. The Hall–Kier alpha value is -1.96. The third kappa shape index (κ3) is 1.31. The molecule has 2 rings (SSSR count). The molecule has 0 aliphatic rings. The Morgan fingerprint density at radius 3 is 2.43 bits per heavy atom. The van der Waals surface area contributed by atoms with Gasteiger partial charge in [-0.15, -0.1) is 0 Å². The minimum Gasteiger partial charge on any atom is -0.298 e. The molecule has 0 unspecified atom stereocenters. The van der Waals surface area contributed by atoms with Crippen LogP contribution in [0.3, 0.4) is 0 Å². The average molecular weight is 184 g/mol. The first-order valence-electron chi connectivity index (χ1n) is 4.28. The molecular weight excluding hydrogens is 176 g/mol. The van der Waals surface area contributed by atoms with Gasteiger partial charge in [0.2, 0.25) is 0 Å². The Morgan fingerprint density at radius 1 is 0.929 bits per heavy atom. The number of rotatable bonds is 2. The molecule has 2 aromatic rings. The van der Waals surface area contributed by atoms with Crippen molar-refractivity contribution in [1.29, 1.82) is 0 Å². The largest absolute Gasteiger partial charge is 0.298 e. The van der Waals surface area contributed by atoms with E-state index < -0.39 is 0 Å². The normalized spacial score (nSPS) is 10.0. The molecule has 0 saturated carbocycles. The van der Waals surface area contributed by atoms with E-state index in [9.17, 15) is 9.59 Å². The standard InChI is InChI=1S/C12H8O2/c13-7-9-5-10-3-1-2-4-12(10)11(6-9)8-14/h1-8H. The second-order valence-corrected chi connectivity index (χ2v) is 3.07. The molecular formula is C12H8O2. The first-order valence-corrected chi connectivity index (χ1v) is 4.28. The highest BCUT2D eigenvalue weighted by molar-refractivity contribution is 6.01. The Morgan fingerprint density at radius 2 is 1.71 bits per heavy atom. The van der Waals surface area contributed by atoms with E-state index in [-0.39, 0.29) is 0 Å². The lowest BCUT2D eigenvalue weighted by molar-refractivity contribution is 0.112. The molecule has 0 saturated heterocycles. The molecule has 2 nitrogen and oxygen atoms in total. The highest BCUT2D eigenvalue weighted by Gasteiger charge is 2.01. The monoisotopic (exact) mass is 184 g/mol. The third-order valence-electron chi connectivity index (χ3n) is 2.18. The van der Waals surface area contributed by atoms with E-state index in [1.54, 1.807) is 12.1 Å². The summed E-state index contributed by atoms with van der Waals surface area (Å²) in [5.41, 5.74) is 1.09. The van der Waals surface area contributed by atoms with Crippen molar-refractivity contribution in [2.45, 2.75) is 0 Å². The molecule has 0 amide bonds. The summed E-state index contributed by atoms with van der Waals surface area (Å²) < 4.78 is 0. The van der Waals surface area contributed by atoms with Gasteiger partial charge in [0.1, 0.15) is 6.29 Å². The summed E-state index contributed by atoms with van der Waals surface area (Å²) in [5, 5.41) is 1.80. The van der Waals surface area contributed by atoms with E-state index in [1.165, 1.54) is 0 Å². The molecule has 0 aliphatic heterocycles. The molecule has 68 valence electrons. The van der Waals surface area contributed by atoms with Crippen LogP contribution in [0, 0.1) is 0 Å². The van der Waals surface area contributed by atoms with E-state index >= 15 is 0 Å². The zero-order valence-corrected chi connectivity index (χ0v) is 7.44. The van der Waals surface area contributed by atoms with Crippen LogP contribution in [0.5, 0.6) is 0 Å². The van der Waals surface area contributed by atoms with Crippen molar-refractivity contribution in [3.63, 3.8) is 0 Å². The van der Waals surface area contributed by atoms with Gasteiger partial charge in [-0.1, -0.05) is 24.3 Å². The number of carbonyl (C=O) groups is 2. The molecule has 14 heavy (non-hydrogen) atoms. The molecule has 0 aromatic heterocycles. The fourth-order valence-electron chi connectivity index (χ4n) is 1.53. The summed E-state index contributed by atoms with van der Waals surface area (Å²) in [7, 11) is 0. The summed E-state index contributed by atoms with van der Waals surface area (Å²) in [5.74, 6) is 0. The molecule has 0 heterocycles. The Bertz CT molecular complexity index is 501. The van der Waals surface area contributed by atoms with Crippen molar-refractivity contribution in [3.8, 4) is 0 Å². The third-order valence-corrected chi connectivity index (χ3v) is 2.18. The molecule has 0 radical (unpaired) electrons. The molecule has 0 fully saturated rings. The van der Waals surface area contributed by atoms with Gasteiger partial charge in [0, 0.05) is 11.1 Å². The van der Waals surface area contributed by atoms with Gasteiger partial charge in [0.25, 0.3) is 0 Å². The zero-order valence-electron chi connectivity index (χ0n) is 7.44. The van der Waals surface area contributed by atoms with Crippen molar-refractivity contribution >= 4 is 23.3 Å². The van der Waals surface area contributed by atoms with Crippen LogP contribution in [0.2, 0.25) is 0 Å². The number of hydrogen-bond donors (Lipinski definition) is 0. The minimum absolute atomic E-state index is 0.533. The van der Waals surface area contributed by atoms with Crippen molar-refractivity contribution in [1.82, 2.24) is 0 Å². The van der Waals surface area contributed by atoms with Crippen molar-refractivity contribution in [3.05, 3.63) is 47.5 Å². The maximum absolute atomic E-state index is 10.8. The van der Waals surface area contributed by atoms with Gasteiger partial charge in [0.15, 0.2) is 6.29 Å². The molecule has 0 aliphatic carbocycles. The summed E-state index contributed by atoms with van der Waals surface area (Å²) >= 11 is 0. The summed E-state index contributed by atoms with van der Waals surface area (Å²) in [4.78, 5) is 21.4. The SMILES string of the molecule is O=Cc1cc(C=O)c2ccccc2c1. The predicted octanol–water partition coefficient (Wildman–Crippen LogP) is 2.46. The first-order chi connectivity index (χ1) is 6.85. The molecule has 0 atom stereocenters. The van der Waals surface area contributed by atoms with Gasteiger partial charge in [-0.25, -0.2) is 0 Å². The summed E-state index contributed by atoms with van der Waals surface area (Å²) in [6.07, 6.45) is 1.52. The van der Waals surface area contributed by atoms with Gasteiger partial charge in [-0.05, 0) is 22.9 Å². The fourth-order valence-corrected chi connectivity index (χ4v) is 1.53. The minimum atomic E-state index is 0.533. The molecule has 0 bridgehead atoms. The lowest BCUT2D eigenvalue weighted by atomic mass is 10.0. The summed E-state index contributed by atoms with van der Waals surface area (Å²) in [6, 6.07) is 10.9. The predicted molar refractivity (Wildman–Crippen MR) is 54.7 cm³/mol. The van der Waals surface area contributed by atoms with Crippen LogP contribution in [0.1, 0.15) is 20.7 Å². The maximum atomic E-state index is 10.8. The van der Waals surface area contributed by atoms with Gasteiger partial charge in [-0.2, -0.15) is 0 Å². The van der Waals surface area contributed by atoms with E-state index in [2.05, 4.69) is 0 Å². The van der Waals surface area contributed by atoms with Gasteiger partial charge < -0.3 is 0 Å². The average Bonchev–Trinajstić information content (AvgIpc) is 2.27. The molecule has 2 aromatic carbocycles. The fraction of sp³-hybridized carbons (Fsp3) is 0. The van der Waals surface area contributed by atoms with Crippen molar-refractivity contribution in [2.24, 2.45) is 0 Å². The van der Waals surface area contributed by atoms with Crippen molar-refractivity contribution < 1.29 is 9.59 Å². The highest BCUT2D eigenvalue weighted by Crippen LogP contribution is 2.18. The quantitative estimate of drug-likeness (QED) is 0.672. The second-order valence-electron chi connectivity index (χ2n) is 3.07. The molecule has 0 N–H and O–H groups in total. The van der Waals surface area contributed by atoms with E-state index in [1.807, 2.05) is 24.3 Å². The van der Waals surface area contributed by atoms with E-state index in [4.69, 9.17) is 0 Å². The maximum Gasteiger partial charge on any atom is 0.150 e. The first kappa shape index (κ1) is 8.63. The second kappa shape index (κ2) is 3.42. The molecule has 0 spiro atoms. The Kier molecular flexibility index (Phi) is 2.11. The smallest absolute Gasteiger partial charge is 0.150 e. The van der Waals surface area contributed by atoms with Crippen LogP contribution >= 0.6 is 0 Å². The van der Waals surface area contributed by atoms with Crippen molar-refractivity contribution in [2.75, 3.05) is 0 Å². The Balaban J connectivity index is 2.86. The van der Waals surface area contributed by atoms with E-state index in [0.29, 0.717) is 11.1 Å². The lowest BCUT2D eigenvalue weighted by Gasteiger charge is -2.01. The van der Waals surface area contributed by atoms with Crippen LogP contribution in [0.25, 0.3) is 10.8 Å². The van der Waals surface area contributed by atoms with Crippen LogP contribution < -0.4 is 0 Å². The number of benzene rings is 2. The van der Waals surface area contributed by atoms with Gasteiger partial charge in [-0.3, -0.25) is 9.59 Å². The lowest BCUT2D eigenvalue weighted by Crippen LogP contribution is -1.87. The topological polar surface area (TPSA) is 34.1 Å². The number of hydrogen-bond acceptors (Lipinski definition) is 2. The molecule has 2 heteroatoms. The van der Waals surface area contributed by atoms with Crippen LogP contribution in [0.15, 0.2) is 36.4 Å². The van der Waals surface area contributed by atoms with E-state index in [0.717, 1.165) is 23.3 Å². The van der Waals surface area contributed by atoms with Crippen LogP contribution in [0.4, 0.5) is 0 Å². The zero-order chi connectivity index (χ0) is 9.97. The number of fused-ring (bicyclic) bond motifs is 1. The Labute approximate surface area is 81.2 Å². The number of aldehydes is 2.